The molecule has 0 radical (unpaired) electrons. The zero-order chi connectivity index (χ0) is 17.8. The van der Waals surface area contributed by atoms with Gasteiger partial charge in [0.1, 0.15) is 12.4 Å². The Labute approximate surface area is 148 Å². The molecule has 0 saturated carbocycles. The molecule has 2 aliphatic heterocycles. The van der Waals surface area contributed by atoms with Gasteiger partial charge in [0.2, 0.25) is 5.91 Å². The Morgan fingerprint density at radius 1 is 1.16 bits per heavy atom. The number of carbonyl (C=O) groups is 2. The summed E-state index contributed by atoms with van der Waals surface area (Å²) in [5.74, 6) is 0.885. The van der Waals surface area contributed by atoms with Crippen LogP contribution in [-0.4, -0.2) is 67.0 Å². The largest absolute Gasteiger partial charge is 0.488 e. The summed E-state index contributed by atoms with van der Waals surface area (Å²) in [5, 5.41) is 2.90. The molecule has 25 heavy (non-hydrogen) atoms. The number of nitrogens with one attached hydrogen (secondary N) is 1. The van der Waals surface area contributed by atoms with Crippen LogP contribution in [0.25, 0.3) is 6.08 Å². The molecule has 0 aromatic heterocycles. The van der Waals surface area contributed by atoms with Crippen molar-refractivity contribution in [2.45, 2.75) is 19.9 Å². The van der Waals surface area contributed by atoms with Gasteiger partial charge in [-0.3, -0.25) is 14.5 Å². The van der Waals surface area contributed by atoms with Crippen molar-refractivity contribution in [1.82, 2.24) is 15.1 Å². The molecule has 1 fully saturated rings. The smallest absolute Gasteiger partial charge is 0.253 e. The van der Waals surface area contributed by atoms with Gasteiger partial charge in [0.05, 0.1) is 12.1 Å². The maximum absolute atomic E-state index is 12.7. The number of nitrogens with zero attached hydrogens (tertiary/aromatic N) is 2. The van der Waals surface area contributed by atoms with Gasteiger partial charge in [0.25, 0.3) is 5.91 Å². The van der Waals surface area contributed by atoms with Crippen molar-refractivity contribution in [3.63, 3.8) is 0 Å². The third-order valence-corrected chi connectivity index (χ3v) is 4.38. The monoisotopic (exact) mass is 343 g/mol. The van der Waals surface area contributed by atoms with E-state index < -0.39 is 0 Å². The number of carbonyl (C=O) groups excluding carboxylic acids is 2. The van der Waals surface area contributed by atoms with Crippen molar-refractivity contribution in [2.75, 3.05) is 39.3 Å². The summed E-state index contributed by atoms with van der Waals surface area (Å²) in [4.78, 5) is 28.5. The zero-order valence-corrected chi connectivity index (χ0v) is 14.8. The molecule has 2 heterocycles. The lowest BCUT2D eigenvalue weighted by molar-refractivity contribution is -0.129. The minimum absolute atomic E-state index is 0.0285. The minimum Gasteiger partial charge on any atom is -0.488 e. The van der Waals surface area contributed by atoms with Gasteiger partial charge in [-0.25, -0.2) is 0 Å². The van der Waals surface area contributed by atoms with Gasteiger partial charge in [-0.05, 0) is 26.0 Å². The lowest BCUT2D eigenvalue weighted by Gasteiger charge is -2.35. The summed E-state index contributed by atoms with van der Waals surface area (Å²) in [6, 6.07) is 7.87. The van der Waals surface area contributed by atoms with Crippen LogP contribution in [0.1, 0.15) is 19.4 Å². The van der Waals surface area contributed by atoms with Crippen LogP contribution in [0.3, 0.4) is 0 Å². The molecule has 3 rings (SSSR count). The predicted octanol–water partition coefficient (Wildman–Crippen LogP) is 1.13. The number of piperazine rings is 1. The van der Waals surface area contributed by atoms with Crippen LogP contribution in [0.2, 0.25) is 0 Å². The standard InChI is InChI=1S/C19H25N3O3/c1-14(2)20-18(23)12-21-7-9-22(10-8-21)19(24)16-11-15-5-3-4-6-17(15)25-13-16/h3-6,11,14H,7-10,12-13H2,1-2H3,(H,20,23). The van der Waals surface area contributed by atoms with Crippen molar-refractivity contribution in [3.8, 4) is 5.75 Å². The van der Waals surface area contributed by atoms with Crippen LogP contribution < -0.4 is 10.1 Å². The maximum Gasteiger partial charge on any atom is 0.253 e. The molecule has 6 heteroatoms. The van der Waals surface area contributed by atoms with Crippen LogP contribution >= 0.6 is 0 Å². The SMILES string of the molecule is CC(C)NC(=O)CN1CCN(C(=O)C2=Cc3ccccc3OC2)CC1. The predicted molar refractivity (Wildman–Crippen MR) is 96.2 cm³/mol. The number of benzene rings is 1. The van der Waals surface area contributed by atoms with Crippen LogP contribution in [0.15, 0.2) is 29.8 Å². The number of amides is 2. The Hall–Kier alpha value is -2.34. The second-order valence-corrected chi connectivity index (χ2v) is 6.79. The van der Waals surface area contributed by atoms with Gasteiger partial charge in [0, 0.05) is 37.8 Å². The number of rotatable bonds is 4. The summed E-state index contributed by atoms with van der Waals surface area (Å²) in [5.41, 5.74) is 1.63. The lowest BCUT2D eigenvalue weighted by Crippen LogP contribution is -2.52. The highest BCUT2D eigenvalue weighted by Gasteiger charge is 2.26. The summed E-state index contributed by atoms with van der Waals surface area (Å²) >= 11 is 0. The van der Waals surface area contributed by atoms with Gasteiger partial charge in [-0.2, -0.15) is 0 Å². The molecule has 1 N–H and O–H groups in total. The lowest BCUT2D eigenvalue weighted by atomic mass is 10.1. The topological polar surface area (TPSA) is 61.9 Å². The molecule has 1 saturated heterocycles. The van der Waals surface area contributed by atoms with E-state index in [-0.39, 0.29) is 17.9 Å². The quantitative estimate of drug-likeness (QED) is 0.890. The molecule has 0 aliphatic carbocycles. The number of para-hydroxylation sites is 1. The number of fused-ring (bicyclic) bond motifs is 1. The summed E-state index contributed by atoms with van der Waals surface area (Å²) < 4.78 is 5.68. The molecule has 0 atom stereocenters. The first-order valence-electron chi connectivity index (χ1n) is 8.76. The highest BCUT2D eigenvalue weighted by Crippen LogP contribution is 2.26. The van der Waals surface area contributed by atoms with Crippen molar-refractivity contribution in [2.24, 2.45) is 0 Å². The number of ether oxygens (including phenoxy) is 1. The molecule has 2 aliphatic rings. The van der Waals surface area contributed by atoms with Crippen LogP contribution in [-0.2, 0) is 9.59 Å². The minimum atomic E-state index is 0.0285. The zero-order valence-electron chi connectivity index (χ0n) is 14.8. The highest BCUT2D eigenvalue weighted by atomic mass is 16.5. The first-order valence-corrected chi connectivity index (χ1v) is 8.76. The van der Waals surface area contributed by atoms with Crippen LogP contribution in [0.4, 0.5) is 0 Å². The van der Waals surface area contributed by atoms with E-state index in [0.29, 0.717) is 44.9 Å². The number of hydrogen-bond donors (Lipinski definition) is 1. The third kappa shape index (κ3) is 4.39. The van der Waals surface area contributed by atoms with E-state index in [0.717, 1.165) is 11.3 Å². The Kier molecular flexibility index (Phi) is 5.38. The second kappa shape index (κ2) is 7.70. The Morgan fingerprint density at radius 3 is 2.60 bits per heavy atom. The second-order valence-electron chi connectivity index (χ2n) is 6.79. The first-order chi connectivity index (χ1) is 12.0. The van der Waals surface area contributed by atoms with E-state index >= 15 is 0 Å². The molecule has 0 spiro atoms. The Bertz CT molecular complexity index is 676. The summed E-state index contributed by atoms with van der Waals surface area (Å²) in [6.07, 6.45) is 1.92. The molecule has 1 aromatic rings. The van der Waals surface area contributed by atoms with Gasteiger partial charge in [0.15, 0.2) is 0 Å². The molecule has 134 valence electrons. The van der Waals surface area contributed by atoms with E-state index in [4.69, 9.17) is 4.74 Å². The van der Waals surface area contributed by atoms with Crippen molar-refractivity contribution >= 4 is 17.9 Å². The Balaban J connectivity index is 1.54. The van der Waals surface area contributed by atoms with E-state index in [2.05, 4.69) is 10.2 Å². The number of hydrogen-bond acceptors (Lipinski definition) is 4. The average molecular weight is 343 g/mol. The summed E-state index contributed by atoms with van der Waals surface area (Å²) in [7, 11) is 0. The molecule has 1 aromatic carbocycles. The van der Waals surface area contributed by atoms with E-state index in [1.807, 2.05) is 49.1 Å². The van der Waals surface area contributed by atoms with Crippen molar-refractivity contribution < 1.29 is 14.3 Å². The summed E-state index contributed by atoms with van der Waals surface area (Å²) in [6.45, 7) is 7.29. The fourth-order valence-corrected chi connectivity index (χ4v) is 3.12. The van der Waals surface area contributed by atoms with E-state index in [9.17, 15) is 9.59 Å². The van der Waals surface area contributed by atoms with Crippen LogP contribution in [0.5, 0.6) is 5.75 Å². The molecular weight excluding hydrogens is 318 g/mol. The molecule has 0 bridgehead atoms. The van der Waals surface area contributed by atoms with E-state index in [1.54, 1.807) is 0 Å². The fourth-order valence-electron chi connectivity index (χ4n) is 3.12. The van der Waals surface area contributed by atoms with Gasteiger partial charge in [-0.1, -0.05) is 18.2 Å². The van der Waals surface area contributed by atoms with E-state index in [1.165, 1.54) is 0 Å². The third-order valence-electron chi connectivity index (χ3n) is 4.38. The van der Waals surface area contributed by atoms with Gasteiger partial charge < -0.3 is 15.0 Å². The first kappa shape index (κ1) is 17.5. The Morgan fingerprint density at radius 2 is 1.88 bits per heavy atom. The highest BCUT2D eigenvalue weighted by molar-refractivity contribution is 5.99. The molecule has 0 unspecified atom stereocenters. The van der Waals surface area contributed by atoms with Crippen molar-refractivity contribution in [1.29, 1.82) is 0 Å². The molecule has 6 nitrogen and oxygen atoms in total. The average Bonchev–Trinajstić information content (AvgIpc) is 2.60. The van der Waals surface area contributed by atoms with Gasteiger partial charge in [-0.15, -0.1) is 0 Å². The normalized spacial score (nSPS) is 17.6. The van der Waals surface area contributed by atoms with Crippen molar-refractivity contribution in [3.05, 3.63) is 35.4 Å². The fraction of sp³-hybridized carbons (Fsp3) is 0.474. The maximum atomic E-state index is 12.7. The van der Waals surface area contributed by atoms with Gasteiger partial charge >= 0.3 is 0 Å². The molecular formula is C19H25N3O3. The molecule has 2 amide bonds. The van der Waals surface area contributed by atoms with Crippen LogP contribution in [0, 0.1) is 0 Å².